The fourth-order valence-corrected chi connectivity index (χ4v) is 1.38. The van der Waals surface area contributed by atoms with Gasteiger partial charge in [-0.1, -0.05) is 15.9 Å². The van der Waals surface area contributed by atoms with E-state index in [0.717, 1.165) is 15.0 Å². The summed E-state index contributed by atoms with van der Waals surface area (Å²) in [5, 5.41) is 2.03. The molecule has 0 N–H and O–H groups in total. The van der Waals surface area contributed by atoms with E-state index in [2.05, 4.69) is 20.9 Å². The lowest BCUT2D eigenvalue weighted by Gasteiger charge is -2.01. The molecule has 0 aliphatic carbocycles. The van der Waals surface area contributed by atoms with Crippen LogP contribution in [-0.4, -0.2) is 6.73 Å². The van der Waals surface area contributed by atoms with Crippen LogP contribution in [0.4, 0.5) is 0 Å². The number of nitrogens with zero attached hydrogens (tertiary/aromatic N) is 1. The first-order valence-electron chi connectivity index (χ1n) is 3.28. The predicted molar refractivity (Wildman–Crippen MR) is 45.3 cm³/mol. The van der Waals surface area contributed by atoms with Crippen molar-refractivity contribution in [1.82, 2.24) is 0 Å². The van der Waals surface area contributed by atoms with Crippen molar-refractivity contribution in [3.05, 3.63) is 33.2 Å². The maximum absolute atomic E-state index is 5.04. The third-order valence-electron chi connectivity index (χ3n) is 1.51. The average Bonchev–Trinajstić information content (AvgIpc) is 2.04. The van der Waals surface area contributed by atoms with Gasteiger partial charge in [0.25, 0.3) is 0 Å². The highest BCUT2D eigenvalue weighted by molar-refractivity contribution is 9.10. The lowest BCUT2D eigenvalue weighted by molar-refractivity contribution is 0.296. The van der Waals surface area contributed by atoms with E-state index in [1.54, 1.807) is 6.26 Å². The summed E-state index contributed by atoms with van der Waals surface area (Å²) in [5.41, 5.74) is 0. The van der Waals surface area contributed by atoms with Crippen molar-refractivity contribution < 1.29 is 4.74 Å². The third kappa shape index (κ3) is 1.28. The maximum atomic E-state index is 5.04. The van der Waals surface area contributed by atoms with E-state index in [4.69, 9.17) is 4.74 Å². The van der Waals surface area contributed by atoms with Gasteiger partial charge in [0.05, 0.1) is 11.6 Å². The fraction of sp³-hybridized carbons (Fsp3) is 0.125. The molecule has 56 valence electrons. The van der Waals surface area contributed by atoms with Crippen molar-refractivity contribution in [3.63, 3.8) is 0 Å². The molecule has 0 saturated heterocycles. The van der Waals surface area contributed by atoms with E-state index in [1.807, 2.05) is 18.2 Å². The van der Waals surface area contributed by atoms with Gasteiger partial charge in [0.2, 0.25) is 0 Å². The second kappa shape index (κ2) is 2.66. The second-order valence-corrected chi connectivity index (χ2v) is 3.19. The molecule has 0 amide bonds. The van der Waals surface area contributed by atoms with E-state index < -0.39 is 0 Å². The van der Waals surface area contributed by atoms with Crippen LogP contribution in [0.2, 0.25) is 0 Å². The Morgan fingerprint density at radius 1 is 1.45 bits per heavy atom. The zero-order chi connectivity index (χ0) is 7.68. The average molecular weight is 212 g/mol. The van der Waals surface area contributed by atoms with Crippen molar-refractivity contribution in [1.29, 1.82) is 0 Å². The Morgan fingerprint density at radius 3 is 3.27 bits per heavy atom. The molecule has 0 bridgehead atoms. The monoisotopic (exact) mass is 211 g/mol. The number of hydrogen-bond donors (Lipinski definition) is 0. The summed E-state index contributed by atoms with van der Waals surface area (Å²) in [4.78, 5) is 4.16. The van der Waals surface area contributed by atoms with E-state index in [1.165, 1.54) is 0 Å². The molecule has 0 atom stereocenters. The van der Waals surface area contributed by atoms with Crippen LogP contribution in [0.25, 0.3) is 6.26 Å². The zero-order valence-electron chi connectivity index (χ0n) is 5.75. The predicted octanol–water partition coefficient (Wildman–Crippen LogP) is 0.794. The van der Waals surface area contributed by atoms with Crippen LogP contribution in [0.15, 0.2) is 27.7 Å². The van der Waals surface area contributed by atoms with Crippen molar-refractivity contribution in [2.24, 2.45) is 4.99 Å². The normalized spacial score (nSPS) is 13.9. The van der Waals surface area contributed by atoms with E-state index in [-0.39, 0.29) is 0 Å². The first-order chi connectivity index (χ1) is 5.36. The van der Waals surface area contributed by atoms with Crippen LogP contribution in [0.5, 0.6) is 0 Å². The van der Waals surface area contributed by atoms with Crippen LogP contribution in [0, 0.1) is 0 Å². The molecule has 0 aromatic heterocycles. The van der Waals surface area contributed by atoms with Gasteiger partial charge < -0.3 is 4.74 Å². The van der Waals surface area contributed by atoms with Crippen LogP contribution in [0.1, 0.15) is 0 Å². The van der Waals surface area contributed by atoms with Gasteiger partial charge in [-0.2, -0.15) is 0 Å². The number of fused-ring (bicyclic) bond motifs is 1. The number of ether oxygens (including phenoxy) is 1. The Kier molecular flexibility index (Phi) is 1.66. The summed E-state index contributed by atoms with van der Waals surface area (Å²) in [6, 6.07) is 5.93. The summed E-state index contributed by atoms with van der Waals surface area (Å²) < 4.78 is 6.09. The first kappa shape index (κ1) is 6.85. The Labute approximate surface area is 72.3 Å². The minimum atomic E-state index is 0.439. The summed E-state index contributed by atoms with van der Waals surface area (Å²) in [6.45, 7) is 0.439. The maximum Gasteiger partial charge on any atom is 0.178 e. The minimum absolute atomic E-state index is 0.439. The minimum Gasteiger partial charge on any atom is -0.478 e. The van der Waals surface area contributed by atoms with Gasteiger partial charge in [0.15, 0.2) is 6.73 Å². The topological polar surface area (TPSA) is 21.6 Å². The number of benzene rings is 1. The van der Waals surface area contributed by atoms with Gasteiger partial charge in [-0.25, -0.2) is 4.99 Å². The third-order valence-corrected chi connectivity index (χ3v) is 2.00. The van der Waals surface area contributed by atoms with Crippen LogP contribution in [0.3, 0.4) is 0 Å². The molecule has 0 spiro atoms. The highest BCUT2D eigenvalue weighted by atomic mass is 79.9. The van der Waals surface area contributed by atoms with Gasteiger partial charge >= 0.3 is 0 Å². The summed E-state index contributed by atoms with van der Waals surface area (Å²) in [5.74, 6) is 0. The largest absolute Gasteiger partial charge is 0.478 e. The number of hydrogen-bond acceptors (Lipinski definition) is 2. The molecule has 2 rings (SSSR count). The van der Waals surface area contributed by atoms with E-state index in [0.29, 0.717) is 6.73 Å². The Bertz CT molecular complexity index is 386. The molecular formula is C8H6BrNO. The Balaban J connectivity index is 2.80. The molecule has 11 heavy (non-hydrogen) atoms. The highest BCUT2D eigenvalue weighted by Gasteiger charge is 1.93. The quantitative estimate of drug-likeness (QED) is 0.623. The zero-order valence-corrected chi connectivity index (χ0v) is 7.34. The molecule has 2 nitrogen and oxygen atoms in total. The Morgan fingerprint density at radius 2 is 2.36 bits per heavy atom. The van der Waals surface area contributed by atoms with Crippen LogP contribution < -0.4 is 10.6 Å². The first-order valence-corrected chi connectivity index (χ1v) is 4.07. The molecular weight excluding hydrogens is 206 g/mol. The number of rotatable bonds is 0. The van der Waals surface area contributed by atoms with Crippen LogP contribution >= 0.6 is 15.9 Å². The molecule has 0 saturated carbocycles. The van der Waals surface area contributed by atoms with E-state index in [9.17, 15) is 0 Å². The molecule has 1 aliphatic rings. The Hall–Kier alpha value is -0.830. The van der Waals surface area contributed by atoms with Crippen molar-refractivity contribution in [2.45, 2.75) is 0 Å². The smallest absolute Gasteiger partial charge is 0.178 e. The van der Waals surface area contributed by atoms with Gasteiger partial charge in [0.1, 0.15) is 0 Å². The molecule has 0 unspecified atom stereocenters. The lowest BCUT2D eigenvalue weighted by Crippen LogP contribution is -2.28. The van der Waals surface area contributed by atoms with Gasteiger partial charge in [-0.15, -0.1) is 0 Å². The second-order valence-electron chi connectivity index (χ2n) is 2.27. The molecule has 1 aliphatic heterocycles. The number of halogens is 1. The fourth-order valence-electron chi connectivity index (χ4n) is 0.998. The molecule has 1 heterocycles. The van der Waals surface area contributed by atoms with Crippen molar-refractivity contribution in [2.75, 3.05) is 6.73 Å². The van der Waals surface area contributed by atoms with Gasteiger partial charge in [-0.3, -0.25) is 0 Å². The highest BCUT2D eigenvalue weighted by Crippen LogP contribution is 2.02. The lowest BCUT2D eigenvalue weighted by atomic mass is 10.3. The standard InChI is InChI=1S/C8H6BrNO/c9-7-1-2-8-6(3-7)4-11-5-10-8/h1-4H,5H2. The molecule has 0 radical (unpaired) electrons. The molecule has 3 heteroatoms. The van der Waals surface area contributed by atoms with Crippen LogP contribution in [-0.2, 0) is 4.74 Å². The SMILES string of the molecule is Brc1ccc2c(c1)=COCN=2. The summed E-state index contributed by atoms with van der Waals surface area (Å²) >= 11 is 3.37. The van der Waals surface area contributed by atoms with Crippen molar-refractivity contribution >= 4 is 22.2 Å². The summed E-state index contributed by atoms with van der Waals surface area (Å²) in [6.07, 6.45) is 1.73. The summed E-state index contributed by atoms with van der Waals surface area (Å²) in [7, 11) is 0. The van der Waals surface area contributed by atoms with Gasteiger partial charge in [-0.05, 0) is 18.2 Å². The molecule has 0 fully saturated rings. The van der Waals surface area contributed by atoms with Crippen molar-refractivity contribution in [3.8, 4) is 0 Å². The molecule has 1 aromatic rings. The van der Waals surface area contributed by atoms with Gasteiger partial charge in [0, 0.05) is 9.69 Å². The molecule has 1 aromatic carbocycles. The van der Waals surface area contributed by atoms with E-state index >= 15 is 0 Å².